The lowest BCUT2D eigenvalue weighted by Crippen LogP contribution is -2.11. The number of hydrogen-bond acceptors (Lipinski definition) is 5. The first kappa shape index (κ1) is 15.1. The van der Waals surface area contributed by atoms with Crippen molar-refractivity contribution < 1.29 is 21.4 Å². The van der Waals surface area contributed by atoms with Gasteiger partial charge in [0, 0.05) is 17.1 Å². The third-order valence-electron chi connectivity index (χ3n) is 1.98. The molecule has 1 aromatic carbocycles. The van der Waals surface area contributed by atoms with Crippen LogP contribution < -0.4 is 5.32 Å². The maximum atomic E-state index is 11.8. The standard InChI is InChI=1S/C10H15NO5S2/c1-2-11-9-4-3-5-10(8-9)17(12)7-6-16-18(13,14)15/h3-5,8,11H,2,6-7H2,1H3,(H,13,14,15). The molecule has 1 unspecified atom stereocenters. The summed E-state index contributed by atoms with van der Waals surface area (Å²) in [6, 6.07) is 7.02. The van der Waals surface area contributed by atoms with Crippen molar-refractivity contribution in [2.45, 2.75) is 11.8 Å². The van der Waals surface area contributed by atoms with Crippen molar-refractivity contribution >= 4 is 26.9 Å². The molecule has 1 atom stereocenters. The molecule has 0 saturated heterocycles. The molecule has 2 N–H and O–H groups in total. The van der Waals surface area contributed by atoms with Crippen molar-refractivity contribution in [3.63, 3.8) is 0 Å². The fourth-order valence-corrected chi connectivity index (χ4v) is 2.64. The first-order chi connectivity index (χ1) is 8.42. The average Bonchev–Trinajstić information content (AvgIpc) is 2.28. The van der Waals surface area contributed by atoms with Crippen LogP contribution in [0, 0.1) is 0 Å². The van der Waals surface area contributed by atoms with Crippen LogP contribution in [0.3, 0.4) is 0 Å². The molecule has 6 nitrogen and oxygen atoms in total. The number of rotatable bonds is 7. The topological polar surface area (TPSA) is 92.7 Å². The van der Waals surface area contributed by atoms with Crippen LogP contribution >= 0.6 is 0 Å². The lowest BCUT2D eigenvalue weighted by atomic mass is 10.3. The molecule has 102 valence electrons. The maximum Gasteiger partial charge on any atom is 0.397 e. The van der Waals surface area contributed by atoms with Gasteiger partial charge in [0.2, 0.25) is 0 Å². The van der Waals surface area contributed by atoms with E-state index in [2.05, 4.69) is 9.50 Å². The molecule has 1 aromatic rings. The van der Waals surface area contributed by atoms with Gasteiger partial charge in [-0.2, -0.15) is 8.42 Å². The van der Waals surface area contributed by atoms with E-state index in [1.165, 1.54) is 0 Å². The molecule has 0 aliphatic carbocycles. The van der Waals surface area contributed by atoms with Gasteiger partial charge in [0.1, 0.15) is 0 Å². The van der Waals surface area contributed by atoms with Gasteiger partial charge in [-0.1, -0.05) is 6.07 Å². The molecule has 0 aliphatic rings. The molecule has 0 aromatic heterocycles. The largest absolute Gasteiger partial charge is 0.397 e. The van der Waals surface area contributed by atoms with Crippen LogP contribution in [0.2, 0.25) is 0 Å². The Hall–Kier alpha value is -0.960. The first-order valence-corrected chi connectivity index (χ1v) is 7.95. The van der Waals surface area contributed by atoms with E-state index in [9.17, 15) is 12.6 Å². The molecule has 0 saturated carbocycles. The van der Waals surface area contributed by atoms with E-state index in [1.54, 1.807) is 18.2 Å². The molecule has 0 aliphatic heterocycles. The van der Waals surface area contributed by atoms with E-state index in [0.29, 0.717) is 4.90 Å². The van der Waals surface area contributed by atoms with Gasteiger partial charge in [0.15, 0.2) is 0 Å². The van der Waals surface area contributed by atoms with Crippen LogP contribution in [0.25, 0.3) is 0 Å². The molecule has 0 spiro atoms. The SMILES string of the molecule is CCNc1cccc(S(=O)CCOS(=O)(=O)O)c1. The summed E-state index contributed by atoms with van der Waals surface area (Å²) in [6.07, 6.45) is 0. The summed E-state index contributed by atoms with van der Waals surface area (Å²) in [5, 5.41) is 3.08. The molecule has 0 heterocycles. The number of nitrogens with one attached hydrogen (secondary N) is 1. The quantitative estimate of drug-likeness (QED) is 0.730. The van der Waals surface area contributed by atoms with Crippen molar-refractivity contribution in [3.8, 4) is 0 Å². The number of benzene rings is 1. The molecular formula is C10H15NO5S2. The minimum absolute atomic E-state index is 0.00459. The summed E-state index contributed by atoms with van der Waals surface area (Å²) in [5.74, 6) is -0.00459. The zero-order chi connectivity index (χ0) is 13.6. The third-order valence-corrected chi connectivity index (χ3v) is 3.76. The predicted molar refractivity (Wildman–Crippen MR) is 69.4 cm³/mol. The third kappa shape index (κ3) is 5.58. The smallest absolute Gasteiger partial charge is 0.385 e. The van der Waals surface area contributed by atoms with E-state index in [-0.39, 0.29) is 12.4 Å². The van der Waals surface area contributed by atoms with Crippen LogP contribution in [0.15, 0.2) is 29.2 Å². The molecular weight excluding hydrogens is 278 g/mol. The normalized spacial score (nSPS) is 13.2. The summed E-state index contributed by atoms with van der Waals surface area (Å²) >= 11 is 0. The summed E-state index contributed by atoms with van der Waals surface area (Å²) in [5.41, 5.74) is 0.846. The molecule has 0 fully saturated rings. The van der Waals surface area contributed by atoms with E-state index in [1.807, 2.05) is 13.0 Å². The molecule has 18 heavy (non-hydrogen) atoms. The van der Waals surface area contributed by atoms with Crippen molar-refractivity contribution in [2.24, 2.45) is 0 Å². The van der Waals surface area contributed by atoms with Crippen molar-refractivity contribution in [1.29, 1.82) is 0 Å². The van der Waals surface area contributed by atoms with Crippen LogP contribution in [0.1, 0.15) is 6.92 Å². The van der Waals surface area contributed by atoms with Gasteiger partial charge in [-0.3, -0.25) is 8.76 Å². The summed E-state index contributed by atoms with van der Waals surface area (Å²) in [7, 11) is -5.84. The lowest BCUT2D eigenvalue weighted by molar-refractivity contribution is 0.284. The van der Waals surface area contributed by atoms with Crippen LogP contribution in [-0.2, 0) is 25.4 Å². The van der Waals surface area contributed by atoms with Crippen LogP contribution in [0.5, 0.6) is 0 Å². The van der Waals surface area contributed by atoms with Gasteiger partial charge in [-0.05, 0) is 25.1 Å². The van der Waals surface area contributed by atoms with E-state index in [4.69, 9.17) is 4.55 Å². The zero-order valence-electron chi connectivity index (χ0n) is 9.83. The molecule has 0 amide bonds. The second kappa shape index (κ2) is 6.83. The van der Waals surface area contributed by atoms with Crippen LogP contribution in [0.4, 0.5) is 5.69 Å². The average molecular weight is 293 g/mol. The summed E-state index contributed by atoms with van der Waals surface area (Å²) in [4.78, 5) is 0.576. The Kier molecular flexibility index (Phi) is 5.73. The Morgan fingerprint density at radius 1 is 1.44 bits per heavy atom. The van der Waals surface area contributed by atoms with Crippen molar-refractivity contribution in [2.75, 3.05) is 24.2 Å². The van der Waals surface area contributed by atoms with E-state index in [0.717, 1.165) is 12.2 Å². The molecule has 1 rings (SSSR count). The lowest BCUT2D eigenvalue weighted by Gasteiger charge is -2.06. The van der Waals surface area contributed by atoms with Gasteiger partial charge in [0.05, 0.1) is 23.2 Å². The van der Waals surface area contributed by atoms with Gasteiger partial charge >= 0.3 is 10.4 Å². The Balaban J connectivity index is 2.58. The summed E-state index contributed by atoms with van der Waals surface area (Å²) in [6.45, 7) is 2.38. The molecule has 8 heteroatoms. The first-order valence-electron chi connectivity index (χ1n) is 5.26. The predicted octanol–water partition coefficient (Wildman–Crippen LogP) is 1.05. The van der Waals surface area contributed by atoms with Gasteiger partial charge in [-0.25, -0.2) is 4.18 Å². The Labute approximate surface area is 109 Å². The second-order valence-electron chi connectivity index (χ2n) is 3.36. The second-order valence-corrected chi connectivity index (χ2v) is 6.02. The van der Waals surface area contributed by atoms with E-state index >= 15 is 0 Å². The molecule has 0 radical (unpaired) electrons. The molecule has 0 bridgehead atoms. The summed E-state index contributed by atoms with van der Waals surface area (Å²) < 4.78 is 44.9. The van der Waals surface area contributed by atoms with Gasteiger partial charge in [-0.15, -0.1) is 0 Å². The Morgan fingerprint density at radius 3 is 2.78 bits per heavy atom. The number of anilines is 1. The maximum absolute atomic E-state index is 11.8. The Morgan fingerprint density at radius 2 is 2.17 bits per heavy atom. The fraction of sp³-hybridized carbons (Fsp3) is 0.400. The minimum Gasteiger partial charge on any atom is -0.385 e. The van der Waals surface area contributed by atoms with Crippen molar-refractivity contribution in [3.05, 3.63) is 24.3 Å². The minimum atomic E-state index is -4.47. The number of hydrogen-bond donors (Lipinski definition) is 2. The fourth-order valence-electron chi connectivity index (χ4n) is 1.28. The highest BCUT2D eigenvalue weighted by atomic mass is 32.3. The van der Waals surface area contributed by atoms with Gasteiger partial charge < -0.3 is 5.32 Å². The highest BCUT2D eigenvalue weighted by molar-refractivity contribution is 7.85. The highest BCUT2D eigenvalue weighted by Gasteiger charge is 2.08. The Bertz CT molecular complexity index is 515. The van der Waals surface area contributed by atoms with Crippen LogP contribution in [-0.4, -0.2) is 36.1 Å². The van der Waals surface area contributed by atoms with E-state index < -0.39 is 21.2 Å². The highest BCUT2D eigenvalue weighted by Crippen LogP contribution is 2.14. The van der Waals surface area contributed by atoms with Gasteiger partial charge in [0.25, 0.3) is 0 Å². The van der Waals surface area contributed by atoms with Crippen molar-refractivity contribution in [1.82, 2.24) is 0 Å². The monoisotopic (exact) mass is 293 g/mol. The zero-order valence-corrected chi connectivity index (χ0v) is 11.5.